The van der Waals surface area contributed by atoms with Gasteiger partial charge < -0.3 is 9.42 Å². The van der Waals surface area contributed by atoms with Gasteiger partial charge in [-0.1, -0.05) is 17.3 Å². The summed E-state index contributed by atoms with van der Waals surface area (Å²) in [6, 6.07) is 0. The molecule has 21 heavy (non-hydrogen) atoms. The zero-order valence-corrected chi connectivity index (χ0v) is 12.6. The maximum absolute atomic E-state index is 12.5. The highest BCUT2D eigenvalue weighted by Gasteiger charge is 2.27. The van der Waals surface area contributed by atoms with Crippen molar-refractivity contribution in [2.75, 3.05) is 26.2 Å². The van der Waals surface area contributed by atoms with Crippen LogP contribution in [0.5, 0.6) is 0 Å². The normalized spacial score (nSPS) is 23.5. The second-order valence-corrected chi connectivity index (χ2v) is 5.99. The summed E-state index contributed by atoms with van der Waals surface area (Å²) in [5, 5.41) is 3.82. The number of aryl methyl sites for hydroxylation is 1. The lowest BCUT2D eigenvalue weighted by Crippen LogP contribution is -2.50. The van der Waals surface area contributed by atoms with E-state index in [9.17, 15) is 4.79 Å². The Hall–Kier alpha value is -1.62. The molecule has 2 heterocycles. The molecule has 0 N–H and O–H groups in total. The standard InChI is InChI=1S/C16H23N3O2/c1-13-15(11-17-21-13)12-18-7-9-19(10-8-18)16(20)14-5-3-2-4-6-14/h2-3,11,14H,4-10,12H2,1H3/t14-/m0/s1. The van der Waals surface area contributed by atoms with E-state index in [4.69, 9.17) is 4.52 Å². The molecule has 0 aromatic carbocycles. The first-order valence-electron chi connectivity index (χ1n) is 7.80. The number of amides is 1. The lowest BCUT2D eigenvalue weighted by Gasteiger charge is -2.36. The highest BCUT2D eigenvalue weighted by atomic mass is 16.5. The van der Waals surface area contributed by atoms with Crippen LogP contribution in [-0.4, -0.2) is 47.0 Å². The molecule has 5 heteroatoms. The summed E-state index contributed by atoms with van der Waals surface area (Å²) in [5.41, 5.74) is 1.15. The fourth-order valence-corrected chi connectivity index (χ4v) is 3.11. The van der Waals surface area contributed by atoms with Crippen molar-refractivity contribution in [3.05, 3.63) is 29.7 Å². The van der Waals surface area contributed by atoms with Crippen molar-refractivity contribution in [3.63, 3.8) is 0 Å². The topological polar surface area (TPSA) is 49.6 Å². The Kier molecular flexibility index (Phi) is 4.39. The van der Waals surface area contributed by atoms with E-state index in [0.29, 0.717) is 5.91 Å². The highest BCUT2D eigenvalue weighted by molar-refractivity contribution is 5.79. The minimum atomic E-state index is 0.210. The largest absolute Gasteiger partial charge is 0.361 e. The molecule has 1 saturated heterocycles. The number of carbonyl (C=O) groups is 1. The molecule has 0 bridgehead atoms. The molecule has 114 valence electrons. The van der Waals surface area contributed by atoms with Crippen molar-refractivity contribution in [2.45, 2.75) is 32.7 Å². The number of allylic oxidation sites excluding steroid dienone is 2. The van der Waals surface area contributed by atoms with E-state index in [1.807, 2.05) is 11.8 Å². The summed E-state index contributed by atoms with van der Waals surface area (Å²) in [7, 11) is 0. The van der Waals surface area contributed by atoms with Crippen LogP contribution in [0, 0.1) is 12.8 Å². The van der Waals surface area contributed by atoms with Crippen LogP contribution in [0.3, 0.4) is 0 Å². The number of nitrogens with zero attached hydrogens (tertiary/aromatic N) is 3. The van der Waals surface area contributed by atoms with Gasteiger partial charge in [-0.2, -0.15) is 0 Å². The molecule has 5 nitrogen and oxygen atoms in total. The molecule has 1 aliphatic carbocycles. The Morgan fingerprint density at radius 2 is 2.14 bits per heavy atom. The van der Waals surface area contributed by atoms with Crippen LogP contribution in [0.1, 0.15) is 30.6 Å². The van der Waals surface area contributed by atoms with Crippen LogP contribution in [-0.2, 0) is 11.3 Å². The molecule has 2 aliphatic rings. The third-order valence-corrected chi connectivity index (χ3v) is 4.55. The van der Waals surface area contributed by atoms with Crippen molar-refractivity contribution in [1.82, 2.24) is 15.0 Å². The van der Waals surface area contributed by atoms with Crippen LogP contribution in [0.2, 0.25) is 0 Å². The number of carbonyl (C=O) groups excluding carboxylic acids is 1. The first kappa shape index (κ1) is 14.3. The van der Waals surface area contributed by atoms with Gasteiger partial charge in [0.15, 0.2) is 0 Å². The first-order chi connectivity index (χ1) is 10.2. The lowest BCUT2D eigenvalue weighted by atomic mass is 9.93. The Balaban J connectivity index is 1.49. The lowest BCUT2D eigenvalue weighted by molar-refractivity contribution is -0.137. The summed E-state index contributed by atoms with van der Waals surface area (Å²) in [5.74, 6) is 1.45. The number of rotatable bonds is 3. The second-order valence-electron chi connectivity index (χ2n) is 5.99. The summed E-state index contributed by atoms with van der Waals surface area (Å²) >= 11 is 0. The van der Waals surface area contributed by atoms with Gasteiger partial charge in [-0.25, -0.2) is 0 Å². The van der Waals surface area contributed by atoms with Gasteiger partial charge >= 0.3 is 0 Å². The summed E-state index contributed by atoms with van der Waals surface area (Å²) in [4.78, 5) is 16.9. The van der Waals surface area contributed by atoms with Crippen molar-refractivity contribution in [2.24, 2.45) is 5.92 Å². The molecule has 1 aliphatic heterocycles. The molecule has 1 aromatic rings. The van der Waals surface area contributed by atoms with Gasteiger partial charge in [0, 0.05) is 44.2 Å². The third-order valence-electron chi connectivity index (χ3n) is 4.55. The first-order valence-corrected chi connectivity index (χ1v) is 7.80. The van der Waals surface area contributed by atoms with Gasteiger partial charge in [0.25, 0.3) is 0 Å². The Bertz CT molecular complexity index is 515. The van der Waals surface area contributed by atoms with Crippen molar-refractivity contribution in [3.8, 4) is 0 Å². The average molecular weight is 289 g/mol. The Morgan fingerprint density at radius 3 is 2.76 bits per heavy atom. The van der Waals surface area contributed by atoms with Crippen molar-refractivity contribution < 1.29 is 9.32 Å². The van der Waals surface area contributed by atoms with Crippen molar-refractivity contribution >= 4 is 5.91 Å². The van der Waals surface area contributed by atoms with Gasteiger partial charge in [0.1, 0.15) is 5.76 Å². The van der Waals surface area contributed by atoms with Gasteiger partial charge in [-0.3, -0.25) is 9.69 Å². The smallest absolute Gasteiger partial charge is 0.226 e. The Morgan fingerprint density at radius 1 is 1.33 bits per heavy atom. The Labute approximate surface area is 125 Å². The number of hydrogen-bond acceptors (Lipinski definition) is 4. The van der Waals surface area contributed by atoms with E-state index in [1.165, 1.54) is 0 Å². The zero-order chi connectivity index (χ0) is 14.7. The predicted octanol–water partition coefficient (Wildman–Crippen LogP) is 1.98. The molecule has 0 spiro atoms. The maximum Gasteiger partial charge on any atom is 0.226 e. The van der Waals surface area contributed by atoms with Crippen LogP contribution < -0.4 is 0 Å². The SMILES string of the molecule is Cc1oncc1CN1CCN(C(=O)[C@H]2CC=CCC2)CC1. The number of hydrogen-bond donors (Lipinski definition) is 0. The van der Waals surface area contributed by atoms with Gasteiger partial charge in [0.2, 0.25) is 5.91 Å². The van der Waals surface area contributed by atoms with E-state index in [1.54, 1.807) is 6.20 Å². The third kappa shape index (κ3) is 3.35. The fraction of sp³-hybridized carbons (Fsp3) is 0.625. The molecule has 1 atom stereocenters. The van der Waals surface area contributed by atoms with Gasteiger partial charge in [0.05, 0.1) is 6.20 Å². The summed E-state index contributed by atoms with van der Waals surface area (Å²) in [6.07, 6.45) is 9.10. The van der Waals surface area contributed by atoms with E-state index in [-0.39, 0.29) is 5.92 Å². The van der Waals surface area contributed by atoms with Gasteiger partial charge in [-0.05, 0) is 26.2 Å². The quantitative estimate of drug-likeness (QED) is 0.798. The molecule has 1 fully saturated rings. The molecule has 0 radical (unpaired) electrons. The fourth-order valence-electron chi connectivity index (χ4n) is 3.11. The molecule has 0 unspecified atom stereocenters. The molecule has 0 saturated carbocycles. The average Bonchev–Trinajstić information content (AvgIpc) is 2.93. The number of aromatic nitrogens is 1. The van der Waals surface area contributed by atoms with Crippen LogP contribution in [0.4, 0.5) is 0 Å². The molecule has 1 amide bonds. The van der Waals surface area contributed by atoms with Crippen LogP contribution >= 0.6 is 0 Å². The molecule has 3 rings (SSSR count). The van der Waals surface area contributed by atoms with E-state index >= 15 is 0 Å². The minimum absolute atomic E-state index is 0.210. The number of piperazine rings is 1. The van der Waals surface area contributed by atoms with Gasteiger partial charge in [-0.15, -0.1) is 0 Å². The molecule has 1 aromatic heterocycles. The minimum Gasteiger partial charge on any atom is -0.361 e. The maximum atomic E-state index is 12.5. The zero-order valence-electron chi connectivity index (χ0n) is 12.6. The molecular formula is C16H23N3O2. The summed E-state index contributed by atoms with van der Waals surface area (Å²) in [6.45, 7) is 6.34. The second kappa shape index (κ2) is 6.43. The van der Waals surface area contributed by atoms with Crippen molar-refractivity contribution in [1.29, 1.82) is 0 Å². The van der Waals surface area contributed by atoms with E-state index in [0.717, 1.165) is 63.3 Å². The van der Waals surface area contributed by atoms with Crippen LogP contribution in [0.15, 0.2) is 22.9 Å². The van der Waals surface area contributed by atoms with Crippen LogP contribution in [0.25, 0.3) is 0 Å². The predicted molar refractivity (Wildman–Crippen MR) is 79.6 cm³/mol. The monoisotopic (exact) mass is 289 g/mol. The summed E-state index contributed by atoms with van der Waals surface area (Å²) < 4.78 is 5.10. The van der Waals surface area contributed by atoms with E-state index < -0.39 is 0 Å². The van der Waals surface area contributed by atoms with E-state index in [2.05, 4.69) is 22.2 Å². The molecular weight excluding hydrogens is 266 g/mol. The highest BCUT2D eigenvalue weighted by Crippen LogP contribution is 2.21.